The molecule has 1 aliphatic carbocycles. The van der Waals surface area contributed by atoms with Crippen molar-refractivity contribution in [3.63, 3.8) is 0 Å². The zero-order valence-electron chi connectivity index (χ0n) is 28.2. The zero-order chi connectivity index (χ0) is 34.0. The van der Waals surface area contributed by atoms with Gasteiger partial charge in [0.1, 0.15) is 17.0 Å². The first kappa shape index (κ1) is 31.2. The van der Waals surface area contributed by atoms with Crippen LogP contribution in [-0.2, 0) is 24.6 Å². The fraction of sp³-hybridized carbons (Fsp3) is 0.378. The molecule has 2 fully saturated rings. The molecule has 5 aromatic rings. The maximum absolute atomic E-state index is 13.8. The topological polar surface area (TPSA) is 119 Å². The van der Waals surface area contributed by atoms with E-state index in [4.69, 9.17) is 4.74 Å². The number of aromatic nitrogens is 5. The predicted molar refractivity (Wildman–Crippen MR) is 189 cm³/mol. The first-order valence-electron chi connectivity index (χ1n) is 16.8. The molecule has 0 amide bonds. The first-order chi connectivity index (χ1) is 23.6. The maximum Gasteiger partial charge on any atom is 0.280 e. The molecule has 0 saturated carbocycles. The number of carbonyl (C=O) groups excluding carboxylic acids is 1. The lowest BCUT2D eigenvalue weighted by Gasteiger charge is -2.46. The quantitative estimate of drug-likeness (QED) is 0.260. The van der Waals surface area contributed by atoms with Gasteiger partial charge in [0.2, 0.25) is 0 Å². The number of hydrogen-bond donors (Lipinski definition) is 1. The van der Waals surface area contributed by atoms with Crippen LogP contribution >= 0.6 is 0 Å². The van der Waals surface area contributed by atoms with Crippen LogP contribution in [0.15, 0.2) is 70.9 Å². The van der Waals surface area contributed by atoms with Gasteiger partial charge in [-0.25, -0.2) is 9.97 Å². The van der Waals surface area contributed by atoms with Crippen LogP contribution in [-0.4, -0.2) is 79.6 Å². The zero-order valence-corrected chi connectivity index (χ0v) is 28.2. The summed E-state index contributed by atoms with van der Waals surface area (Å²) in [7, 11) is 1.67. The van der Waals surface area contributed by atoms with Gasteiger partial charge in [-0.05, 0) is 66.6 Å². The van der Waals surface area contributed by atoms with Crippen molar-refractivity contribution in [3.05, 3.63) is 98.8 Å². The lowest BCUT2D eigenvalue weighted by molar-refractivity contribution is -0.0691. The van der Waals surface area contributed by atoms with Crippen LogP contribution in [0.2, 0.25) is 0 Å². The molecule has 1 atom stereocenters. The standard InChI is InChI=1S/C37H40N8O4/c1-23-18-42(27-21-49-22-27)9-10-43(23)26-5-6-33(39-17-26)40-30-13-25(19-41(4)35(30)47)28-7-8-38-34(29(28)20-46)45-12-11-44-31(36(45)48)14-24-15-37(2,3)16-32(24)44/h5-8,11-14,17,19-20,23,27H,9-10,15-16,18,21-22H2,1-4H3,(H,39,40)/t23-/m1/s1. The van der Waals surface area contributed by atoms with E-state index in [1.165, 1.54) is 14.7 Å². The van der Waals surface area contributed by atoms with E-state index in [1.807, 2.05) is 35.0 Å². The van der Waals surface area contributed by atoms with Crippen LogP contribution in [0, 0.1) is 5.41 Å². The van der Waals surface area contributed by atoms with Crippen LogP contribution < -0.4 is 21.3 Å². The van der Waals surface area contributed by atoms with Gasteiger partial charge in [-0.1, -0.05) is 13.8 Å². The Kier molecular flexibility index (Phi) is 7.53. The van der Waals surface area contributed by atoms with E-state index in [2.05, 4.69) is 45.9 Å². The SMILES string of the molecule is C[C@@H]1CN(C2COC2)CCN1c1ccc(Nc2cc(-c3ccnc(-n4ccn5c6c(cc5c4=O)CC(C)(C)C6)c3C=O)cn(C)c2=O)nc1. The Morgan fingerprint density at radius 3 is 2.57 bits per heavy atom. The fourth-order valence-electron chi connectivity index (χ4n) is 7.70. The largest absolute Gasteiger partial charge is 0.378 e. The Labute approximate surface area is 283 Å². The minimum absolute atomic E-state index is 0.157. The number of fused-ring (bicyclic) bond motifs is 3. The molecular weight excluding hydrogens is 620 g/mol. The van der Waals surface area contributed by atoms with Crippen molar-refractivity contribution in [2.24, 2.45) is 12.5 Å². The van der Waals surface area contributed by atoms with Crippen molar-refractivity contribution in [1.29, 1.82) is 0 Å². The Morgan fingerprint density at radius 2 is 1.86 bits per heavy atom. The summed E-state index contributed by atoms with van der Waals surface area (Å²) in [4.78, 5) is 53.7. The monoisotopic (exact) mass is 660 g/mol. The summed E-state index contributed by atoms with van der Waals surface area (Å²) in [5.41, 5.74) is 5.32. The van der Waals surface area contributed by atoms with E-state index < -0.39 is 0 Å². The summed E-state index contributed by atoms with van der Waals surface area (Å²) in [5.74, 6) is 0.766. The molecule has 0 bridgehead atoms. The number of rotatable bonds is 7. The maximum atomic E-state index is 13.8. The minimum Gasteiger partial charge on any atom is -0.378 e. The summed E-state index contributed by atoms with van der Waals surface area (Å²) >= 11 is 0. The highest BCUT2D eigenvalue weighted by molar-refractivity contribution is 5.91. The third-order valence-electron chi connectivity index (χ3n) is 10.3. The smallest absolute Gasteiger partial charge is 0.280 e. The van der Waals surface area contributed by atoms with E-state index in [1.54, 1.807) is 37.8 Å². The van der Waals surface area contributed by atoms with Crippen molar-refractivity contribution >= 4 is 29.0 Å². The van der Waals surface area contributed by atoms with E-state index >= 15 is 0 Å². The molecule has 12 nitrogen and oxygen atoms in total. The average molecular weight is 661 g/mol. The molecule has 49 heavy (non-hydrogen) atoms. The average Bonchev–Trinajstić information content (AvgIpc) is 3.55. The summed E-state index contributed by atoms with van der Waals surface area (Å²) in [6.45, 7) is 11.2. The lowest BCUT2D eigenvalue weighted by atomic mass is 9.90. The van der Waals surface area contributed by atoms with Gasteiger partial charge in [0.25, 0.3) is 11.1 Å². The molecule has 0 unspecified atom stereocenters. The van der Waals surface area contributed by atoms with E-state index in [0.29, 0.717) is 46.5 Å². The molecule has 2 aliphatic heterocycles. The number of anilines is 3. The molecule has 252 valence electrons. The van der Waals surface area contributed by atoms with Gasteiger partial charge >= 0.3 is 0 Å². The normalized spacial score (nSPS) is 19.2. The van der Waals surface area contributed by atoms with Gasteiger partial charge in [-0.2, -0.15) is 0 Å². The van der Waals surface area contributed by atoms with Crippen molar-refractivity contribution in [2.45, 2.75) is 45.7 Å². The molecule has 12 heteroatoms. The van der Waals surface area contributed by atoms with E-state index in [0.717, 1.165) is 57.1 Å². The fourth-order valence-corrected chi connectivity index (χ4v) is 7.70. The van der Waals surface area contributed by atoms with Crippen LogP contribution in [0.5, 0.6) is 0 Å². The molecule has 0 aromatic carbocycles. The second-order valence-electron chi connectivity index (χ2n) is 14.4. The molecule has 0 radical (unpaired) electrons. The lowest BCUT2D eigenvalue weighted by Crippen LogP contribution is -2.59. The van der Waals surface area contributed by atoms with Crippen molar-refractivity contribution < 1.29 is 9.53 Å². The number of ether oxygens (including phenoxy) is 1. The third kappa shape index (κ3) is 5.44. The Bertz CT molecular complexity index is 2210. The molecule has 2 saturated heterocycles. The minimum atomic E-state index is -0.246. The number of aldehydes is 1. The molecule has 7 heterocycles. The first-order valence-corrected chi connectivity index (χ1v) is 16.8. The number of nitrogens with one attached hydrogen (secondary N) is 1. The van der Waals surface area contributed by atoms with Gasteiger partial charge in [0.15, 0.2) is 12.1 Å². The molecule has 3 aliphatic rings. The second kappa shape index (κ2) is 11.8. The summed E-state index contributed by atoms with van der Waals surface area (Å²) in [6.07, 6.45) is 11.2. The van der Waals surface area contributed by atoms with Gasteiger partial charge in [0.05, 0.1) is 36.7 Å². The van der Waals surface area contributed by atoms with Crippen molar-refractivity contribution in [1.82, 2.24) is 28.4 Å². The van der Waals surface area contributed by atoms with Gasteiger partial charge in [0, 0.05) is 68.8 Å². The van der Waals surface area contributed by atoms with Crippen molar-refractivity contribution in [2.75, 3.05) is 43.1 Å². The van der Waals surface area contributed by atoms with Gasteiger partial charge in [-0.15, -0.1) is 0 Å². The number of nitrogens with zero attached hydrogens (tertiary/aromatic N) is 7. The van der Waals surface area contributed by atoms with E-state index in [-0.39, 0.29) is 27.9 Å². The van der Waals surface area contributed by atoms with Crippen molar-refractivity contribution in [3.8, 4) is 16.9 Å². The molecule has 0 spiro atoms. The Hall–Kier alpha value is -5.07. The van der Waals surface area contributed by atoms with Crippen LogP contribution in [0.1, 0.15) is 42.4 Å². The molecular formula is C37H40N8O4. The third-order valence-corrected chi connectivity index (χ3v) is 10.3. The highest BCUT2D eigenvalue weighted by Crippen LogP contribution is 2.37. The Morgan fingerprint density at radius 1 is 1.02 bits per heavy atom. The summed E-state index contributed by atoms with van der Waals surface area (Å²) < 4.78 is 10.2. The predicted octanol–water partition coefficient (Wildman–Crippen LogP) is 3.84. The van der Waals surface area contributed by atoms with Gasteiger partial charge < -0.3 is 23.9 Å². The number of pyridine rings is 3. The number of carbonyl (C=O) groups is 1. The van der Waals surface area contributed by atoms with Crippen LogP contribution in [0.25, 0.3) is 22.5 Å². The molecule has 1 N–H and O–H groups in total. The summed E-state index contributed by atoms with van der Waals surface area (Å²) in [6, 6.07) is 10.2. The van der Waals surface area contributed by atoms with E-state index in [9.17, 15) is 14.4 Å². The van der Waals surface area contributed by atoms with Crippen LogP contribution in [0.3, 0.4) is 0 Å². The molecule has 8 rings (SSSR count). The van der Waals surface area contributed by atoms with Crippen LogP contribution in [0.4, 0.5) is 17.2 Å². The highest BCUT2D eigenvalue weighted by atomic mass is 16.5. The second-order valence-corrected chi connectivity index (χ2v) is 14.4. The number of hydrogen-bond acceptors (Lipinski definition) is 9. The highest BCUT2D eigenvalue weighted by Gasteiger charge is 2.33. The van der Waals surface area contributed by atoms with Gasteiger partial charge in [-0.3, -0.25) is 23.9 Å². The molecule has 5 aromatic heterocycles. The summed E-state index contributed by atoms with van der Waals surface area (Å²) in [5, 5.41) is 3.19. The Balaban J connectivity index is 1.08. The number of aryl methyl sites for hydroxylation is 1. The number of piperazine rings is 1.